The molecule has 1 aromatic heterocycles. The van der Waals surface area contributed by atoms with E-state index in [0.29, 0.717) is 5.92 Å². The van der Waals surface area contributed by atoms with Gasteiger partial charge >= 0.3 is 0 Å². The van der Waals surface area contributed by atoms with Crippen LogP contribution in [0.1, 0.15) is 56.0 Å². The molecule has 0 radical (unpaired) electrons. The molecule has 1 atom stereocenters. The Balaban J connectivity index is 1.24. The van der Waals surface area contributed by atoms with Crippen LogP contribution in [0.2, 0.25) is 0 Å². The maximum absolute atomic E-state index is 12.1. The van der Waals surface area contributed by atoms with E-state index in [1.54, 1.807) is 6.92 Å². The lowest BCUT2D eigenvalue weighted by Gasteiger charge is -2.33. The number of carbonyl (C=O) groups is 2. The van der Waals surface area contributed by atoms with Gasteiger partial charge in [0.1, 0.15) is 0 Å². The summed E-state index contributed by atoms with van der Waals surface area (Å²) in [5, 5.41) is 4.43. The van der Waals surface area contributed by atoms with E-state index in [1.807, 2.05) is 38.1 Å². The quantitative estimate of drug-likeness (QED) is 0.379. The van der Waals surface area contributed by atoms with Gasteiger partial charge in [-0.1, -0.05) is 74.5 Å². The summed E-state index contributed by atoms with van der Waals surface area (Å²) in [5.41, 5.74) is 6.86. The number of likely N-dealkylation sites (tertiary alicyclic amines) is 1. The largest absolute Gasteiger partial charge is 0.360 e. The molecule has 5 nitrogen and oxygen atoms in total. The molecular weight excluding hydrogens is 458 g/mol. The second-order valence-corrected chi connectivity index (χ2v) is 10.8. The van der Waals surface area contributed by atoms with Gasteiger partial charge in [-0.3, -0.25) is 14.5 Å². The molecule has 1 saturated heterocycles. The highest BCUT2D eigenvalue weighted by Crippen LogP contribution is 2.33. The Morgan fingerprint density at radius 2 is 1.84 bits per heavy atom. The highest BCUT2D eigenvalue weighted by atomic mass is 16.2. The molecule has 1 amide bonds. The zero-order valence-electron chi connectivity index (χ0n) is 22.1. The number of piperidine rings is 1. The fourth-order valence-corrected chi connectivity index (χ4v) is 5.56. The van der Waals surface area contributed by atoms with E-state index in [-0.39, 0.29) is 23.7 Å². The van der Waals surface area contributed by atoms with E-state index < -0.39 is 0 Å². The molecule has 1 aliphatic heterocycles. The molecule has 192 valence electrons. The number of carbonyl (C=O) groups excluding carboxylic acids is 2. The lowest BCUT2D eigenvalue weighted by atomic mass is 9.85. The normalized spacial score (nSPS) is 18.8. The van der Waals surface area contributed by atoms with E-state index >= 15 is 0 Å². The molecule has 0 saturated carbocycles. The molecule has 3 aromatic rings. The summed E-state index contributed by atoms with van der Waals surface area (Å²) in [7, 11) is 0. The number of amides is 1. The molecule has 5 heteroatoms. The summed E-state index contributed by atoms with van der Waals surface area (Å²) in [5.74, 6) is 0.780. The van der Waals surface area contributed by atoms with E-state index in [4.69, 9.17) is 0 Å². The molecular formula is C32H37N3O2. The first kappa shape index (κ1) is 25.2. The SMILES string of the molecule is CC(=O)c1ccc(-c2cccc3c(CN4CCC(C5=CC(NC(=O)C(C)C)CC=C5)CC4)c[nH]c23)cc1. The topological polar surface area (TPSA) is 65.2 Å². The van der Waals surface area contributed by atoms with Crippen molar-refractivity contribution in [3.05, 3.63) is 83.6 Å². The minimum atomic E-state index is 0.0128. The van der Waals surface area contributed by atoms with Crippen molar-refractivity contribution in [1.82, 2.24) is 15.2 Å². The van der Waals surface area contributed by atoms with Gasteiger partial charge in [-0.25, -0.2) is 0 Å². The maximum atomic E-state index is 12.1. The number of aromatic nitrogens is 1. The number of benzene rings is 2. The lowest BCUT2D eigenvalue weighted by Crippen LogP contribution is -2.38. The molecule has 2 aliphatic rings. The number of allylic oxidation sites excluding steroid dienone is 2. The summed E-state index contributed by atoms with van der Waals surface area (Å²) in [6, 6.07) is 14.4. The molecule has 1 fully saturated rings. The van der Waals surface area contributed by atoms with Gasteiger partial charge in [-0.05, 0) is 61.9 Å². The summed E-state index contributed by atoms with van der Waals surface area (Å²) in [6.45, 7) is 8.55. The monoisotopic (exact) mass is 495 g/mol. The van der Waals surface area contributed by atoms with Gasteiger partial charge in [0.25, 0.3) is 0 Å². The fourth-order valence-electron chi connectivity index (χ4n) is 5.56. The number of H-pyrrole nitrogens is 1. The Hall–Kier alpha value is -3.44. The minimum absolute atomic E-state index is 0.0128. The van der Waals surface area contributed by atoms with Crippen LogP contribution in [0.4, 0.5) is 0 Å². The number of hydrogen-bond acceptors (Lipinski definition) is 3. The van der Waals surface area contributed by atoms with Crippen molar-refractivity contribution in [2.24, 2.45) is 11.8 Å². The molecule has 2 aromatic carbocycles. The summed E-state index contributed by atoms with van der Waals surface area (Å²) < 4.78 is 0. The zero-order chi connectivity index (χ0) is 25.9. The third kappa shape index (κ3) is 5.62. The smallest absolute Gasteiger partial charge is 0.223 e. The van der Waals surface area contributed by atoms with Crippen LogP contribution < -0.4 is 5.32 Å². The Morgan fingerprint density at radius 1 is 1.08 bits per heavy atom. The first-order valence-electron chi connectivity index (χ1n) is 13.5. The van der Waals surface area contributed by atoms with Gasteiger partial charge in [0.15, 0.2) is 5.78 Å². The average molecular weight is 496 g/mol. The van der Waals surface area contributed by atoms with E-state index in [0.717, 1.165) is 61.1 Å². The van der Waals surface area contributed by atoms with Gasteiger partial charge < -0.3 is 10.3 Å². The molecule has 5 rings (SSSR count). The third-order valence-corrected chi connectivity index (χ3v) is 7.80. The second kappa shape index (κ2) is 10.9. The van der Waals surface area contributed by atoms with Gasteiger partial charge in [0, 0.05) is 35.2 Å². The molecule has 0 spiro atoms. The Kier molecular flexibility index (Phi) is 7.43. The van der Waals surface area contributed by atoms with Crippen LogP contribution in [0.15, 0.2) is 72.5 Å². The predicted molar refractivity (Wildman–Crippen MR) is 150 cm³/mol. The number of rotatable bonds is 7. The molecule has 1 unspecified atom stereocenters. The van der Waals surface area contributed by atoms with Crippen molar-refractivity contribution in [1.29, 1.82) is 0 Å². The van der Waals surface area contributed by atoms with E-state index in [9.17, 15) is 9.59 Å². The summed E-state index contributed by atoms with van der Waals surface area (Å²) >= 11 is 0. The van der Waals surface area contributed by atoms with Crippen molar-refractivity contribution >= 4 is 22.6 Å². The van der Waals surface area contributed by atoms with Crippen molar-refractivity contribution in [3.63, 3.8) is 0 Å². The van der Waals surface area contributed by atoms with Crippen molar-refractivity contribution in [3.8, 4) is 11.1 Å². The number of Topliss-reactive ketones (excluding diaryl/α,β-unsaturated/α-hetero) is 1. The first-order valence-corrected chi connectivity index (χ1v) is 13.5. The predicted octanol–water partition coefficient (Wildman–Crippen LogP) is 6.28. The van der Waals surface area contributed by atoms with Crippen LogP contribution in [-0.2, 0) is 11.3 Å². The number of ketones is 1. The van der Waals surface area contributed by atoms with Crippen LogP contribution in [0.3, 0.4) is 0 Å². The van der Waals surface area contributed by atoms with Crippen LogP contribution in [0.25, 0.3) is 22.0 Å². The van der Waals surface area contributed by atoms with Crippen LogP contribution >= 0.6 is 0 Å². The number of para-hydroxylation sites is 1. The first-order chi connectivity index (χ1) is 17.9. The zero-order valence-corrected chi connectivity index (χ0v) is 22.1. The molecule has 2 heterocycles. The fraction of sp³-hybridized carbons (Fsp3) is 0.375. The highest BCUT2D eigenvalue weighted by molar-refractivity contribution is 5.98. The van der Waals surface area contributed by atoms with Gasteiger partial charge in [0.2, 0.25) is 5.91 Å². The van der Waals surface area contributed by atoms with E-state index in [1.165, 1.54) is 16.5 Å². The van der Waals surface area contributed by atoms with Crippen LogP contribution in [-0.4, -0.2) is 40.7 Å². The molecule has 1 aliphatic carbocycles. The van der Waals surface area contributed by atoms with Gasteiger partial charge in [-0.2, -0.15) is 0 Å². The second-order valence-electron chi connectivity index (χ2n) is 10.8. The minimum Gasteiger partial charge on any atom is -0.360 e. The number of nitrogens with one attached hydrogen (secondary N) is 2. The van der Waals surface area contributed by atoms with Crippen molar-refractivity contribution in [2.75, 3.05) is 13.1 Å². The third-order valence-electron chi connectivity index (χ3n) is 7.80. The van der Waals surface area contributed by atoms with Crippen LogP contribution in [0.5, 0.6) is 0 Å². The summed E-state index contributed by atoms with van der Waals surface area (Å²) in [6.07, 6.45) is 12.1. The number of nitrogens with zero attached hydrogens (tertiary/aromatic N) is 1. The van der Waals surface area contributed by atoms with Gasteiger partial charge in [0.05, 0.1) is 11.6 Å². The Bertz CT molecular complexity index is 1340. The average Bonchev–Trinajstić information content (AvgIpc) is 3.32. The van der Waals surface area contributed by atoms with E-state index in [2.05, 4.69) is 57.8 Å². The number of aromatic amines is 1. The van der Waals surface area contributed by atoms with Crippen LogP contribution in [0, 0.1) is 11.8 Å². The van der Waals surface area contributed by atoms with Crippen molar-refractivity contribution in [2.45, 2.75) is 52.6 Å². The van der Waals surface area contributed by atoms with Crippen molar-refractivity contribution < 1.29 is 9.59 Å². The standard InChI is InChI=1S/C32H37N3O2/c1-21(2)32(37)34-28-7-4-6-26(18-28)24-14-16-35(17-15-24)20-27-19-33-31-29(8-5-9-30(27)31)25-12-10-23(11-13-25)22(3)36/h4-6,8-13,18-19,21,24,28,33H,7,14-17,20H2,1-3H3,(H,34,37). The summed E-state index contributed by atoms with van der Waals surface area (Å²) in [4.78, 5) is 29.9. The lowest BCUT2D eigenvalue weighted by molar-refractivity contribution is -0.124. The molecule has 2 N–H and O–H groups in total. The number of hydrogen-bond donors (Lipinski definition) is 2. The Labute approximate surface area is 219 Å². The van der Waals surface area contributed by atoms with Gasteiger partial charge in [-0.15, -0.1) is 0 Å². The maximum Gasteiger partial charge on any atom is 0.223 e. The molecule has 0 bridgehead atoms. The highest BCUT2D eigenvalue weighted by Gasteiger charge is 2.24. The number of fused-ring (bicyclic) bond motifs is 1. The Morgan fingerprint density at radius 3 is 2.54 bits per heavy atom. The molecule has 37 heavy (non-hydrogen) atoms.